The van der Waals surface area contributed by atoms with Crippen LogP contribution in [0.3, 0.4) is 0 Å². The van der Waals surface area contributed by atoms with Gasteiger partial charge in [0.15, 0.2) is 0 Å². The molecule has 0 aliphatic carbocycles. The maximum Gasteiger partial charge on any atom is 0.223 e. The van der Waals surface area contributed by atoms with Crippen molar-refractivity contribution in [3.05, 3.63) is 34.6 Å². The predicted octanol–water partition coefficient (Wildman–Crippen LogP) is 2.11. The summed E-state index contributed by atoms with van der Waals surface area (Å²) in [6.45, 7) is 1.50. The van der Waals surface area contributed by atoms with Crippen LogP contribution < -0.4 is 5.32 Å². The quantitative estimate of drug-likeness (QED) is 0.846. The van der Waals surface area contributed by atoms with Gasteiger partial charge < -0.3 is 10.2 Å². The standard InChI is InChI=1S/C13H14ClFN2O/c14-10-7-8(15)1-2-9(10)13-11-3-4-12(18)17(11)6-5-16-13/h1-2,7,11,13,16H,3-6H2. The Morgan fingerprint density at radius 3 is 3.06 bits per heavy atom. The number of piperazine rings is 1. The highest BCUT2D eigenvalue weighted by atomic mass is 35.5. The van der Waals surface area contributed by atoms with Crippen LogP contribution >= 0.6 is 11.6 Å². The molecule has 0 bridgehead atoms. The molecule has 5 heteroatoms. The highest BCUT2D eigenvalue weighted by Crippen LogP contribution is 2.35. The summed E-state index contributed by atoms with van der Waals surface area (Å²) in [5.41, 5.74) is 0.877. The SMILES string of the molecule is O=C1CCC2C(c3ccc(F)cc3Cl)NCCN12. The normalized spacial score (nSPS) is 27.4. The first-order valence-electron chi connectivity index (χ1n) is 6.14. The zero-order valence-corrected chi connectivity index (χ0v) is 10.6. The summed E-state index contributed by atoms with van der Waals surface area (Å²) in [5.74, 6) is -0.122. The second-order valence-corrected chi connectivity index (χ2v) is 5.20. The summed E-state index contributed by atoms with van der Waals surface area (Å²) < 4.78 is 13.1. The number of fused-ring (bicyclic) bond motifs is 1. The van der Waals surface area contributed by atoms with Crippen molar-refractivity contribution in [2.45, 2.75) is 24.9 Å². The maximum absolute atomic E-state index is 13.1. The summed E-state index contributed by atoms with van der Waals surface area (Å²) in [6, 6.07) is 4.61. The maximum atomic E-state index is 13.1. The average molecular weight is 269 g/mol. The predicted molar refractivity (Wildman–Crippen MR) is 66.9 cm³/mol. The fraction of sp³-hybridized carbons (Fsp3) is 0.462. The van der Waals surface area contributed by atoms with Crippen molar-refractivity contribution >= 4 is 17.5 Å². The van der Waals surface area contributed by atoms with Gasteiger partial charge in [0.2, 0.25) is 5.91 Å². The van der Waals surface area contributed by atoms with Crippen molar-refractivity contribution in [3.63, 3.8) is 0 Å². The van der Waals surface area contributed by atoms with E-state index in [1.54, 1.807) is 6.07 Å². The van der Waals surface area contributed by atoms with Gasteiger partial charge in [-0.15, -0.1) is 0 Å². The lowest BCUT2D eigenvalue weighted by Gasteiger charge is -2.38. The van der Waals surface area contributed by atoms with Gasteiger partial charge in [-0.25, -0.2) is 4.39 Å². The number of carbonyl (C=O) groups is 1. The molecule has 2 saturated heterocycles. The van der Waals surface area contributed by atoms with E-state index >= 15 is 0 Å². The smallest absolute Gasteiger partial charge is 0.223 e. The van der Waals surface area contributed by atoms with Crippen LogP contribution in [0.1, 0.15) is 24.4 Å². The van der Waals surface area contributed by atoms with Gasteiger partial charge in [-0.05, 0) is 24.1 Å². The molecule has 2 aliphatic heterocycles. The molecule has 2 fully saturated rings. The van der Waals surface area contributed by atoms with Crippen LogP contribution in [0.25, 0.3) is 0 Å². The van der Waals surface area contributed by atoms with E-state index in [0.717, 1.165) is 25.1 Å². The molecule has 0 spiro atoms. The van der Waals surface area contributed by atoms with Gasteiger partial charge in [-0.2, -0.15) is 0 Å². The molecule has 0 aromatic heterocycles. The molecule has 2 atom stereocenters. The minimum Gasteiger partial charge on any atom is -0.337 e. The van der Waals surface area contributed by atoms with Crippen LogP contribution in [0.15, 0.2) is 18.2 Å². The zero-order valence-electron chi connectivity index (χ0n) is 9.83. The largest absolute Gasteiger partial charge is 0.337 e. The number of rotatable bonds is 1. The number of benzene rings is 1. The van der Waals surface area contributed by atoms with Crippen molar-refractivity contribution in [1.82, 2.24) is 10.2 Å². The first kappa shape index (κ1) is 11.9. The van der Waals surface area contributed by atoms with E-state index in [4.69, 9.17) is 11.6 Å². The van der Waals surface area contributed by atoms with Crippen molar-refractivity contribution in [1.29, 1.82) is 0 Å². The van der Waals surface area contributed by atoms with Crippen LogP contribution in [0.5, 0.6) is 0 Å². The first-order valence-corrected chi connectivity index (χ1v) is 6.52. The molecule has 3 rings (SSSR count). The molecule has 1 aromatic rings. The number of halogens is 2. The molecule has 3 nitrogen and oxygen atoms in total. The van der Waals surface area contributed by atoms with Crippen LogP contribution in [-0.2, 0) is 4.79 Å². The first-order chi connectivity index (χ1) is 8.66. The third-order valence-corrected chi connectivity index (χ3v) is 4.10. The molecule has 2 heterocycles. The van der Waals surface area contributed by atoms with Crippen LogP contribution in [0.4, 0.5) is 4.39 Å². The number of nitrogens with one attached hydrogen (secondary N) is 1. The Balaban J connectivity index is 1.93. The third-order valence-electron chi connectivity index (χ3n) is 3.77. The molecule has 1 N–H and O–H groups in total. The summed E-state index contributed by atoms with van der Waals surface area (Å²) in [6.07, 6.45) is 1.44. The van der Waals surface area contributed by atoms with Gasteiger partial charge >= 0.3 is 0 Å². The monoisotopic (exact) mass is 268 g/mol. The number of hydrogen-bond acceptors (Lipinski definition) is 2. The van der Waals surface area contributed by atoms with Gasteiger partial charge in [0.1, 0.15) is 5.82 Å². The number of amides is 1. The molecular weight excluding hydrogens is 255 g/mol. The minimum atomic E-state index is -0.334. The fourth-order valence-corrected chi connectivity index (χ4v) is 3.23. The summed E-state index contributed by atoms with van der Waals surface area (Å²) in [7, 11) is 0. The molecule has 96 valence electrons. The number of nitrogens with zero attached hydrogens (tertiary/aromatic N) is 1. The molecule has 2 unspecified atom stereocenters. The summed E-state index contributed by atoms with van der Waals surface area (Å²) in [4.78, 5) is 13.6. The zero-order chi connectivity index (χ0) is 12.7. The van der Waals surface area contributed by atoms with E-state index in [-0.39, 0.29) is 23.8 Å². The van der Waals surface area contributed by atoms with Crippen molar-refractivity contribution in [3.8, 4) is 0 Å². The third kappa shape index (κ3) is 1.89. The Labute approximate surface area is 110 Å². The average Bonchev–Trinajstić information content (AvgIpc) is 2.72. The Morgan fingerprint density at radius 2 is 2.28 bits per heavy atom. The van der Waals surface area contributed by atoms with Crippen molar-refractivity contribution < 1.29 is 9.18 Å². The molecule has 0 saturated carbocycles. The molecule has 1 aromatic carbocycles. The second-order valence-electron chi connectivity index (χ2n) is 4.79. The lowest BCUT2D eigenvalue weighted by atomic mass is 9.95. The lowest BCUT2D eigenvalue weighted by Crippen LogP contribution is -2.51. The molecular formula is C13H14ClFN2O. The number of carbonyl (C=O) groups excluding carboxylic acids is 1. The second kappa shape index (κ2) is 4.52. The molecule has 18 heavy (non-hydrogen) atoms. The summed E-state index contributed by atoms with van der Waals surface area (Å²) >= 11 is 6.11. The molecule has 1 amide bonds. The van der Waals surface area contributed by atoms with Crippen LogP contribution in [0, 0.1) is 5.82 Å². The Morgan fingerprint density at radius 1 is 1.44 bits per heavy atom. The van der Waals surface area contributed by atoms with E-state index in [9.17, 15) is 9.18 Å². The number of hydrogen-bond donors (Lipinski definition) is 1. The van der Waals surface area contributed by atoms with E-state index in [1.165, 1.54) is 12.1 Å². The highest BCUT2D eigenvalue weighted by Gasteiger charge is 2.40. The van der Waals surface area contributed by atoms with E-state index < -0.39 is 0 Å². The van der Waals surface area contributed by atoms with E-state index in [2.05, 4.69) is 5.32 Å². The van der Waals surface area contributed by atoms with Gasteiger partial charge in [-0.3, -0.25) is 4.79 Å². The van der Waals surface area contributed by atoms with Gasteiger partial charge in [-0.1, -0.05) is 17.7 Å². The Hall–Kier alpha value is -1.13. The van der Waals surface area contributed by atoms with Crippen molar-refractivity contribution in [2.75, 3.05) is 13.1 Å². The van der Waals surface area contributed by atoms with Gasteiger partial charge in [0.05, 0.1) is 12.1 Å². The minimum absolute atomic E-state index is 0.0123. The van der Waals surface area contributed by atoms with Crippen molar-refractivity contribution in [2.24, 2.45) is 0 Å². The molecule has 2 aliphatic rings. The Kier molecular flexibility index (Phi) is 2.99. The van der Waals surface area contributed by atoms with Crippen LogP contribution in [0.2, 0.25) is 5.02 Å². The highest BCUT2D eigenvalue weighted by molar-refractivity contribution is 6.31. The summed E-state index contributed by atoms with van der Waals surface area (Å²) in [5, 5.41) is 3.81. The van der Waals surface area contributed by atoms with Gasteiger partial charge in [0, 0.05) is 24.5 Å². The topological polar surface area (TPSA) is 32.3 Å². The van der Waals surface area contributed by atoms with E-state index in [1.807, 2.05) is 4.90 Å². The van der Waals surface area contributed by atoms with E-state index in [0.29, 0.717) is 11.4 Å². The Bertz CT molecular complexity index is 494. The fourth-order valence-electron chi connectivity index (χ4n) is 2.94. The molecule has 0 radical (unpaired) electrons. The van der Waals surface area contributed by atoms with Crippen LogP contribution in [-0.4, -0.2) is 29.9 Å². The lowest BCUT2D eigenvalue weighted by molar-refractivity contribution is -0.130. The van der Waals surface area contributed by atoms with Gasteiger partial charge in [0.25, 0.3) is 0 Å².